The summed E-state index contributed by atoms with van der Waals surface area (Å²) in [5, 5.41) is 3.34. The highest BCUT2D eigenvalue weighted by molar-refractivity contribution is 8.22. The van der Waals surface area contributed by atoms with Crippen LogP contribution >= 0.6 is 23.5 Å². The first-order valence-corrected chi connectivity index (χ1v) is 4.66. The van der Waals surface area contributed by atoms with Crippen LogP contribution in [0.15, 0.2) is 9.93 Å². The minimum atomic E-state index is 1.11. The third-order valence-electron chi connectivity index (χ3n) is 1.32. The fourth-order valence-corrected chi connectivity index (χ4v) is 3.24. The summed E-state index contributed by atoms with van der Waals surface area (Å²) < 4.78 is 1.55. The molecule has 1 N–H and O–H groups in total. The van der Waals surface area contributed by atoms with Crippen LogP contribution in [0, 0.1) is 0 Å². The van der Waals surface area contributed by atoms with Gasteiger partial charge in [-0.05, 0) is 6.42 Å². The number of hydrogen-bond donors (Lipinski definition) is 1. The standard InChI is InChI=1S/C5H7NS2/c1-2-7-5-4(1)6-3-8-5/h6H,1-3H2. The lowest BCUT2D eigenvalue weighted by molar-refractivity contribution is 0.913. The van der Waals surface area contributed by atoms with Crippen LogP contribution < -0.4 is 5.32 Å². The molecule has 0 aliphatic carbocycles. The Kier molecular flexibility index (Phi) is 1.19. The molecule has 0 atom stereocenters. The van der Waals surface area contributed by atoms with Crippen molar-refractivity contribution >= 4 is 23.5 Å². The minimum Gasteiger partial charge on any atom is -0.378 e. The SMILES string of the molecule is C1CC2=C(S1)SCN2. The Labute approximate surface area is 57.3 Å². The lowest BCUT2D eigenvalue weighted by Gasteiger charge is -1.94. The average Bonchev–Trinajstić information content (AvgIpc) is 2.15. The molecule has 2 rings (SSSR count). The Morgan fingerprint density at radius 2 is 2.38 bits per heavy atom. The quantitative estimate of drug-likeness (QED) is 0.556. The zero-order valence-electron chi connectivity index (χ0n) is 4.44. The molecule has 2 aliphatic rings. The summed E-state index contributed by atoms with van der Waals surface area (Å²) in [6.07, 6.45) is 1.27. The van der Waals surface area contributed by atoms with Crippen molar-refractivity contribution in [1.29, 1.82) is 0 Å². The van der Waals surface area contributed by atoms with Crippen molar-refractivity contribution in [3.8, 4) is 0 Å². The van der Waals surface area contributed by atoms with Crippen molar-refractivity contribution in [1.82, 2.24) is 5.32 Å². The summed E-state index contributed by atoms with van der Waals surface area (Å²) in [5.41, 5.74) is 1.50. The van der Waals surface area contributed by atoms with E-state index in [2.05, 4.69) is 5.32 Å². The second-order valence-electron chi connectivity index (χ2n) is 1.83. The van der Waals surface area contributed by atoms with Crippen molar-refractivity contribution in [2.75, 3.05) is 11.6 Å². The molecule has 0 aromatic rings. The summed E-state index contributed by atoms with van der Waals surface area (Å²) >= 11 is 3.94. The van der Waals surface area contributed by atoms with E-state index >= 15 is 0 Å². The molecule has 44 valence electrons. The summed E-state index contributed by atoms with van der Waals surface area (Å²) in [5.74, 6) is 2.41. The first-order chi connectivity index (χ1) is 3.97. The predicted molar refractivity (Wildman–Crippen MR) is 39.7 cm³/mol. The predicted octanol–water partition coefficient (Wildman–Crippen LogP) is 1.59. The zero-order chi connectivity index (χ0) is 5.40. The van der Waals surface area contributed by atoms with Crippen LogP contribution in [-0.2, 0) is 0 Å². The number of rotatable bonds is 0. The van der Waals surface area contributed by atoms with E-state index in [4.69, 9.17) is 0 Å². The highest BCUT2D eigenvalue weighted by Gasteiger charge is 2.19. The number of allylic oxidation sites excluding steroid dienone is 1. The third kappa shape index (κ3) is 0.650. The minimum absolute atomic E-state index is 1.11. The second kappa shape index (κ2) is 1.88. The van der Waals surface area contributed by atoms with E-state index in [1.165, 1.54) is 17.9 Å². The van der Waals surface area contributed by atoms with Gasteiger partial charge in [-0.2, -0.15) is 0 Å². The first-order valence-electron chi connectivity index (χ1n) is 2.69. The van der Waals surface area contributed by atoms with E-state index in [9.17, 15) is 0 Å². The molecule has 0 amide bonds. The van der Waals surface area contributed by atoms with Gasteiger partial charge in [0.1, 0.15) is 0 Å². The lowest BCUT2D eigenvalue weighted by Crippen LogP contribution is -2.05. The normalized spacial score (nSPS) is 26.0. The van der Waals surface area contributed by atoms with E-state index in [1.54, 1.807) is 4.24 Å². The van der Waals surface area contributed by atoms with Gasteiger partial charge in [-0.15, -0.1) is 11.8 Å². The van der Waals surface area contributed by atoms with E-state index in [0.29, 0.717) is 0 Å². The maximum absolute atomic E-state index is 3.34. The molecule has 0 saturated carbocycles. The molecule has 1 nitrogen and oxygen atoms in total. The van der Waals surface area contributed by atoms with Gasteiger partial charge in [0.15, 0.2) is 0 Å². The molecule has 2 heterocycles. The van der Waals surface area contributed by atoms with Gasteiger partial charge in [0, 0.05) is 11.4 Å². The lowest BCUT2D eigenvalue weighted by atomic mass is 10.4. The van der Waals surface area contributed by atoms with Crippen molar-refractivity contribution in [2.24, 2.45) is 0 Å². The third-order valence-corrected chi connectivity index (χ3v) is 3.74. The van der Waals surface area contributed by atoms with Crippen molar-refractivity contribution in [3.05, 3.63) is 9.93 Å². The molecule has 0 bridgehead atoms. The molecule has 0 unspecified atom stereocenters. The van der Waals surface area contributed by atoms with Crippen LogP contribution in [-0.4, -0.2) is 11.6 Å². The van der Waals surface area contributed by atoms with Gasteiger partial charge in [0.05, 0.1) is 10.1 Å². The van der Waals surface area contributed by atoms with Gasteiger partial charge < -0.3 is 5.32 Å². The van der Waals surface area contributed by atoms with E-state index in [1.807, 2.05) is 23.5 Å². The molecule has 0 fully saturated rings. The van der Waals surface area contributed by atoms with E-state index in [-0.39, 0.29) is 0 Å². The topological polar surface area (TPSA) is 12.0 Å². The molecule has 0 aromatic carbocycles. The molecular weight excluding hydrogens is 138 g/mol. The maximum Gasteiger partial charge on any atom is 0.0660 e. The van der Waals surface area contributed by atoms with Gasteiger partial charge in [-0.25, -0.2) is 0 Å². The van der Waals surface area contributed by atoms with E-state index < -0.39 is 0 Å². The van der Waals surface area contributed by atoms with Crippen LogP contribution in [0.5, 0.6) is 0 Å². The van der Waals surface area contributed by atoms with Crippen LogP contribution in [0.2, 0.25) is 0 Å². The molecule has 3 heteroatoms. The van der Waals surface area contributed by atoms with Crippen molar-refractivity contribution < 1.29 is 0 Å². The first kappa shape index (κ1) is 5.06. The van der Waals surface area contributed by atoms with Gasteiger partial charge in [0.25, 0.3) is 0 Å². The van der Waals surface area contributed by atoms with Crippen LogP contribution in [0.1, 0.15) is 6.42 Å². The Morgan fingerprint density at radius 1 is 1.38 bits per heavy atom. The Morgan fingerprint density at radius 3 is 3.25 bits per heavy atom. The average molecular weight is 145 g/mol. The monoisotopic (exact) mass is 145 g/mol. The van der Waals surface area contributed by atoms with Gasteiger partial charge in [-0.1, -0.05) is 11.8 Å². The molecule has 0 aromatic heterocycles. The maximum atomic E-state index is 3.34. The zero-order valence-corrected chi connectivity index (χ0v) is 6.07. The molecule has 0 saturated heterocycles. The molecule has 0 radical (unpaired) electrons. The Balaban J connectivity index is 2.23. The van der Waals surface area contributed by atoms with Crippen molar-refractivity contribution in [3.63, 3.8) is 0 Å². The highest BCUT2D eigenvalue weighted by Crippen LogP contribution is 2.41. The smallest absolute Gasteiger partial charge is 0.0660 e. The largest absolute Gasteiger partial charge is 0.378 e. The van der Waals surface area contributed by atoms with Crippen molar-refractivity contribution in [2.45, 2.75) is 6.42 Å². The Hall–Kier alpha value is 0.240. The summed E-state index contributed by atoms with van der Waals surface area (Å²) in [6, 6.07) is 0. The van der Waals surface area contributed by atoms with Crippen LogP contribution in [0.25, 0.3) is 0 Å². The number of nitrogens with one attached hydrogen (secondary N) is 1. The number of thioether (sulfide) groups is 2. The van der Waals surface area contributed by atoms with Gasteiger partial charge >= 0.3 is 0 Å². The summed E-state index contributed by atoms with van der Waals surface area (Å²) in [4.78, 5) is 0. The van der Waals surface area contributed by atoms with Crippen LogP contribution in [0.4, 0.5) is 0 Å². The fourth-order valence-electron chi connectivity index (χ4n) is 0.913. The highest BCUT2D eigenvalue weighted by atomic mass is 32.2. The van der Waals surface area contributed by atoms with Crippen LogP contribution in [0.3, 0.4) is 0 Å². The molecular formula is C5H7NS2. The van der Waals surface area contributed by atoms with Gasteiger partial charge in [0.2, 0.25) is 0 Å². The number of hydrogen-bond acceptors (Lipinski definition) is 3. The fraction of sp³-hybridized carbons (Fsp3) is 0.600. The summed E-state index contributed by atoms with van der Waals surface area (Å²) in [7, 11) is 0. The Bertz CT molecular complexity index is 113. The van der Waals surface area contributed by atoms with E-state index in [0.717, 1.165) is 5.88 Å². The molecule has 8 heavy (non-hydrogen) atoms. The molecule has 0 spiro atoms. The summed E-state index contributed by atoms with van der Waals surface area (Å²) in [6.45, 7) is 0. The molecule has 2 aliphatic heterocycles. The van der Waals surface area contributed by atoms with Gasteiger partial charge in [-0.3, -0.25) is 0 Å². The second-order valence-corrected chi connectivity index (χ2v) is 4.18.